The molecule has 262 valence electrons. The van der Waals surface area contributed by atoms with Crippen molar-refractivity contribution in [1.29, 1.82) is 0 Å². The average molecular weight is 644 g/mol. The second-order valence-corrected chi connectivity index (χ2v) is 15.0. The third-order valence-electron chi connectivity index (χ3n) is 10.4. The predicted octanol–water partition coefficient (Wildman–Crippen LogP) is 2.81. The third-order valence-corrected chi connectivity index (χ3v) is 10.4. The van der Waals surface area contributed by atoms with Crippen molar-refractivity contribution >= 4 is 12.1 Å². The number of aliphatic hydroxyl groups is 2. The predicted molar refractivity (Wildman–Crippen MR) is 169 cm³/mol. The Kier molecular flexibility index (Phi) is 12.4. The van der Waals surface area contributed by atoms with Gasteiger partial charge < -0.3 is 49.8 Å². The number of alkyl carbamates (subject to hydrolysis) is 1. The number of fused-ring (bicyclic) bond motifs is 2. The smallest absolute Gasteiger partial charge is 0.407 e. The highest BCUT2D eigenvalue weighted by atomic mass is 16.7. The Balaban J connectivity index is 2.13. The minimum atomic E-state index is -1.54. The Morgan fingerprint density at radius 1 is 1.16 bits per heavy atom. The molecule has 3 heterocycles. The number of hydrogen-bond donors (Lipinski definition) is 4. The van der Waals surface area contributed by atoms with Crippen molar-refractivity contribution in [3.63, 3.8) is 0 Å². The zero-order valence-electron chi connectivity index (χ0n) is 29.5. The minimum absolute atomic E-state index is 0.0910. The number of nitrogens with two attached hydrogens (primary N) is 1. The van der Waals surface area contributed by atoms with Crippen molar-refractivity contribution in [1.82, 2.24) is 10.2 Å². The van der Waals surface area contributed by atoms with Crippen LogP contribution in [0.15, 0.2) is 0 Å². The van der Waals surface area contributed by atoms with Crippen molar-refractivity contribution in [2.75, 3.05) is 14.1 Å². The van der Waals surface area contributed by atoms with Crippen LogP contribution in [-0.4, -0.2) is 114 Å². The number of amides is 1. The number of carbonyl (C=O) groups excluding carboxylic acids is 2. The van der Waals surface area contributed by atoms with Gasteiger partial charge in [0.25, 0.3) is 0 Å². The Hall–Kier alpha value is -1.54. The van der Waals surface area contributed by atoms with Crippen LogP contribution in [0.4, 0.5) is 4.79 Å². The molecule has 15 atom stereocenters. The average Bonchev–Trinajstić information content (AvgIpc) is 3.17. The molecule has 0 spiro atoms. The first-order chi connectivity index (χ1) is 20.7. The zero-order chi connectivity index (χ0) is 34.2. The van der Waals surface area contributed by atoms with Crippen molar-refractivity contribution < 1.29 is 43.5 Å². The Morgan fingerprint density at radius 3 is 2.33 bits per heavy atom. The van der Waals surface area contributed by atoms with Crippen LogP contribution in [0.25, 0.3) is 0 Å². The maximum atomic E-state index is 13.9. The topological polar surface area (TPSA) is 162 Å². The summed E-state index contributed by atoms with van der Waals surface area (Å²) in [5, 5.41) is 26.4. The zero-order valence-corrected chi connectivity index (χ0v) is 29.5. The number of aliphatic hydroxyl groups excluding tert-OH is 1. The number of nitrogens with one attached hydrogen (secondary N) is 1. The molecule has 0 aromatic rings. The van der Waals surface area contributed by atoms with E-state index in [-0.39, 0.29) is 42.5 Å². The largest absolute Gasteiger partial charge is 0.459 e. The van der Waals surface area contributed by atoms with Gasteiger partial charge in [-0.1, -0.05) is 27.7 Å². The van der Waals surface area contributed by atoms with Gasteiger partial charge in [-0.05, 0) is 80.8 Å². The molecule has 3 aliphatic heterocycles. The number of esters is 1. The molecule has 1 amide bonds. The first-order valence-corrected chi connectivity index (χ1v) is 16.7. The molecule has 0 radical (unpaired) electrons. The molecule has 45 heavy (non-hydrogen) atoms. The third kappa shape index (κ3) is 8.13. The first-order valence-electron chi connectivity index (χ1n) is 16.7. The van der Waals surface area contributed by atoms with Crippen LogP contribution in [0.3, 0.4) is 0 Å². The molecule has 0 aliphatic carbocycles. The van der Waals surface area contributed by atoms with Crippen molar-refractivity contribution in [3.05, 3.63) is 0 Å². The summed E-state index contributed by atoms with van der Waals surface area (Å²) in [6.45, 7) is 18.5. The van der Waals surface area contributed by atoms with Crippen LogP contribution in [0.2, 0.25) is 0 Å². The monoisotopic (exact) mass is 643 g/mol. The Morgan fingerprint density at radius 2 is 1.78 bits per heavy atom. The summed E-state index contributed by atoms with van der Waals surface area (Å²) >= 11 is 0. The lowest BCUT2D eigenvalue weighted by Crippen LogP contribution is -2.59. The van der Waals surface area contributed by atoms with E-state index in [0.717, 1.165) is 0 Å². The summed E-state index contributed by atoms with van der Waals surface area (Å²) in [6.07, 6.45) is -4.82. The summed E-state index contributed by atoms with van der Waals surface area (Å²) < 4.78 is 31.5. The van der Waals surface area contributed by atoms with E-state index in [4.69, 9.17) is 29.4 Å². The molecule has 3 rings (SSSR count). The second-order valence-electron chi connectivity index (χ2n) is 15.0. The van der Waals surface area contributed by atoms with Crippen LogP contribution >= 0.6 is 0 Å². The second kappa shape index (κ2) is 14.7. The molecule has 12 nitrogen and oxygen atoms in total. The van der Waals surface area contributed by atoms with E-state index in [1.807, 2.05) is 53.6 Å². The lowest BCUT2D eigenvalue weighted by Gasteiger charge is -2.47. The molecule has 12 heteroatoms. The van der Waals surface area contributed by atoms with Gasteiger partial charge in [0.05, 0.1) is 29.8 Å². The fourth-order valence-corrected chi connectivity index (χ4v) is 7.87. The number of ether oxygens (including phenoxy) is 5. The van der Waals surface area contributed by atoms with Gasteiger partial charge in [0, 0.05) is 30.0 Å². The maximum Gasteiger partial charge on any atom is 0.407 e. The highest BCUT2D eigenvalue weighted by molar-refractivity contribution is 5.74. The number of hydrogen-bond acceptors (Lipinski definition) is 11. The molecule has 2 bridgehead atoms. The van der Waals surface area contributed by atoms with Crippen LogP contribution in [0.1, 0.15) is 88.5 Å². The van der Waals surface area contributed by atoms with Crippen LogP contribution in [-0.2, 0) is 28.5 Å². The summed E-state index contributed by atoms with van der Waals surface area (Å²) in [4.78, 5) is 28.8. The summed E-state index contributed by atoms with van der Waals surface area (Å²) in [6, 6.07) is -0.893. The van der Waals surface area contributed by atoms with Gasteiger partial charge in [-0.25, -0.2) is 4.79 Å². The summed E-state index contributed by atoms with van der Waals surface area (Å²) in [5.41, 5.74) is 4.27. The molecule has 5 N–H and O–H groups in total. The van der Waals surface area contributed by atoms with E-state index in [0.29, 0.717) is 12.8 Å². The van der Waals surface area contributed by atoms with Gasteiger partial charge in [0.15, 0.2) is 6.29 Å². The van der Waals surface area contributed by atoms with E-state index in [9.17, 15) is 19.8 Å². The lowest BCUT2D eigenvalue weighted by atomic mass is 9.75. The Bertz CT molecular complexity index is 1010. The van der Waals surface area contributed by atoms with Gasteiger partial charge in [0.2, 0.25) is 0 Å². The van der Waals surface area contributed by atoms with Gasteiger partial charge >= 0.3 is 12.1 Å². The molecule has 3 fully saturated rings. The van der Waals surface area contributed by atoms with Crippen molar-refractivity contribution in [2.24, 2.45) is 29.4 Å². The number of likely N-dealkylation sites (N-methyl/N-ethyl adjacent to an activating group) is 1. The standard InChI is InChI=1S/C33H61N3O9/c1-13-23-33(10)27(34)19(6)25(45-33)17(4)15-32(9,40)28(44-30-24(37)22(36(11)12)14-18(5)41-30)20(7)26(21(8)29(38)42-23)43-31(39)35-16(2)3/h16-28,30,37,40H,13-15,34H2,1-12H3,(H,35,39)/t17-,18-,19-,20+,21-,22+,23+,24-,25-,26+,27+,28-,30+,32+,33?/m1/s1. The molecular formula is C33H61N3O9. The number of rotatable bonds is 6. The van der Waals surface area contributed by atoms with Crippen molar-refractivity contribution in [2.45, 2.75) is 161 Å². The molecule has 0 aromatic carbocycles. The first kappa shape index (κ1) is 37.9. The van der Waals surface area contributed by atoms with E-state index >= 15 is 0 Å². The molecule has 3 saturated heterocycles. The van der Waals surface area contributed by atoms with Gasteiger partial charge in [-0.3, -0.25) is 4.79 Å². The van der Waals surface area contributed by atoms with Crippen LogP contribution in [0, 0.1) is 23.7 Å². The molecule has 0 saturated carbocycles. The van der Waals surface area contributed by atoms with Crippen molar-refractivity contribution in [3.8, 4) is 0 Å². The molecular weight excluding hydrogens is 582 g/mol. The van der Waals surface area contributed by atoms with E-state index in [1.54, 1.807) is 34.6 Å². The maximum absolute atomic E-state index is 13.9. The molecule has 1 unspecified atom stereocenters. The van der Waals surface area contributed by atoms with Gasteiger partial charge in [-0.15, -0.1) is 0 Å². The highest BCUT2D eigenvalue weighted by Gasteiger charge is 2.57. The summed E-state index contributed by atoms with van der Waals surface area (Å²) in [5.74, 6) is -2.56. The molecule has 0 aromatic heterocycles. The normalized spacial score (nSPS) is 46.6. The minimum Gasteiger partial charge on any atom is -0.459 e. The summed E-state index contributed by atoms with van der Waals surface area (Å²) in [7, 11) is 3.77. The molecule has 3 aliphatic rings. The highest BCUT2D eigenvalue weighted by Crippen LogP contribution is 2.45. The fourth-order valence-electron chi connectivity index (χ4n) is 7.87. The number of cyclic esters (lactones) is 1. The Labute approximate surface area is 270 Å². The number of nitrogens with zero attached hydrogens (tertiary/aromatic N) is 1. The lowest BCUT2D eigenvalue weighted by molar-refractivity contribution is -0.299. The van der Waals surface area contributed by atoms with E-state index < -0.39 is 71.8 Å². The van der Waals surface area contributed by atoms with E-state index in [2.05, 4.69) is 5.32 Å². The quantitative estimate of drug-likeness (QED) is 0.315. The van der Waals surface area contributed by atoms with Crippen LogP contribution < -0.4 is 11.1 Å². The van der Waals surface area contributed by atoms with E-state index in [1.165, 1.54) is 0 Å². The fraction of sp³-hybridized carbons (Fsp3) is 0.939. The van der Waals surface area contributed by atoms with Gasteiger partial charge in [0.1, 0.15) is 23.9 Å². The van der Waals surface area contributed by atoms with Gasteiger partial charge in [-0.2, -0.15) is 0 Å². The van der Waals surface area contributed by atoms with Crippen LogP contribution in [0.5, 0.6) is 0 Å². The SMILES string of the molecule is CC[C@@H]1OC(=O)[C@H](C)[C@@H](OC(=O)NC(C)C)[C@H](C)[C@@H](O[C@@H]2O[C@H](C)C[C@H](N(C)C)[C@H]2O)[C@@](C)(O)C[C@@H](C)[C@H]2OC1(C)[C@@H](N)[C@@H]2C. The number of carbonyl (C=O) groups is 2.